The van der Waals surface area contributed by atoms with Crippen LogP contribution in [0.15, 0.2) is 24.5 Å². The van der Waals surface area contributed by atoms with Crippen molar-refractivity contribution in [1.29, 1.82) is 0 Å². The predicted molar refractivity (Wildman–Crippen MR) is 41.5 cm³/mol. The highest BCUT2D eigenvalue weighted by atomic mass is 16.1. The maximum absolute atomic E-state index is 10.4. The average Bonchev–Trinajstić information content (AvgIpc) is 2.50. The number of hydrogen-bond acceptors (Lipinski definition) is 2. The van der Waals surface area contributed by atoms with Crippen molar-refractivity contribution in [3.05, 3.63) is 30.2 Å². The van der Waals surface area contributed by atoms with Gasteiger partial charge in [-0.1, -0.05) is 0 Å². The van der Waals surface area contributed by atoms with Gasteiger partial charge in [0.05, 0.1) is 5.52 Å². The molecule has 0 radical (unpaired) electrons. The number of nitrogens with zero attached hydrogens (tertiary/aromatic N) is 1. The van der Waals surface area contributed by atoms with Gasteiger partial charge in [-0.25, -0.2) is 0 Å². The lowest BCUT2D eigenvalue weighted by Gasteiger charge is -1.90. The smallest absolute Gasteiger partial charge is 0.170 e. The molecule has 2 heterocycles. The quantitative estimate of drug-likeness (QED) is 0.617. The van der Waals surface area contributed by atoms with Gasteiger partial charge in [-0.3, -0.25) is 9.78 Å². The monoisotopic (exact) mass is 146 g/mol. The number of nitrogens with one attached hydrogen (secondary N) is 1. The minimum atomic E-state index is 0.465. The minimum Gasteiger partial charge on any atom is -0.359 e. The van der Waals surface area contributed by atoms with Crippen LogP contribution in [0.3, 0.4) is 0 Å². The first-order valence-electron chi connectivity index (χ1n) is 3.29. The number of carbonyl (C=O) groups excluding carboxylic acids is 1. The Kier molecular flexibility index (Phi) is 1.22. The molecule has 2 rings (SSSR count). The molecule has 0 spiro atoms. The molecule has 0 unspecified atom stereocenters. The fourth-order valence-corrected chi connectivity index (χ4v) is 1.09. The van der Waals surface area contributed by atoms with Crippen LogP contribution in [0.4, 0.5) is 0 Å². The maximum Gasteiger partial charge on any atom is 0.170 e. The zero-order valence-electron chi connectivity index (χ0n) is 5.74. The van der Waals surface area contributed by atoms with Crippen LogP contribution in [0.1, 0.15) is 10.5 Å². The van der Waals surface area contributed by atoms with Crippen LogP contribution >= 0.6 is 0 Å². The Hall–Kier alpha value is -1.64. The minimum absolute atomic E-state index is 0.465. The van der Waals surface area contributed by atoms with E-state index in [2.05, 4.69) is 9.97 Å². The number of pyridine rings is 1. The first-order chi connectivity index (χ1) is 5.42. The fourth-order valence-electron chi connectivity index (χ4n) is 1.09. The molecule has 0 aliphatic carbocycles. The highest BCUT2D eigenvalue weighted by molar-refractivity contribution is 5.93. The Morgan fingerprint density at radius 2 is 2.36 bits per heavy atom. The first kappa shape index (κ1) is 6.09. The molecule has 0 bridgehead atoms. The van der Waals surface area contributed by atoms with E-state index >= 15 is 0 Å². The highest BCUT2D eigenvalue weighted by Gasteiger charge is 1.99. The molecule has 0 fully saturated rings. The molecule has 0 saturated carbocycles. The van der Waals surface area contributed by atoms with Crippen LogP contribution in [0.5, 0.6) is 0 Å². The summed E-state index contributed by atoms with van der Waals surface area (Å²) < 4.78 is 0. The summed E-state index contributed by atoms with van der Waals surface area (Å²) in [6.07, 6.45) is 4.16. The summed E-state index contributed by atoms with van der Waals surface area (Å²) in [6, 6.07) is 3.77. The van der Waals surface area contributed by atoms with Crippen LogP contribution in [0.2, 0.25) is 0 Å². The zero-order chi connectivity index (χ0) is 7.68. The van der Waals surface area contributed by atoms with E-state index in [-0.39, 0.29) is 0 Å². The zero-order valence-corrected chi connectivity index (χ0v) is 5.74. The summed E-state index contributed by atoms with van der Waals surface area (Å²) in [5, 5.41) is 1.02. The summed E-state index contributed by atoms with van der Waals surface area (Å²) in [6.45, 7) is 0. The van der Waals surface area contributed by atoms with Gasteiger partial charge in [0.25, 0.3) is 0 Å². The van der Waals surface area contributed by atoms with E-state index in [1.165, 1.54) is 0 Å². The molecule has 3 nitrogen and oxygen atoms in total. The standard InChI is InChI=1S/C8H6N2O/c11-5-7-8-6(1-3-9-7)2-4-10-8/h1-5,10H. The molecule has 0 amide bonds. The molecule has 1 N–H and O–H groups in total. The van der Waals surface area contributed by atoms with Crippen molar-refractivity contribution in [2.75, 3.05) is 0 Å². The molecule has 11 heavy (non-hydrogen) atoms. The lowest BCUT2D eigenvalue weighted by atomic mass is 10.3. The molecule has 54 valence electrons. The maximum atomic E-state index is 10.4. The second kappa shape index (κ2) is 2.20. The van der Waals surface area contributed by atoms with E-state index < -0.39 is 0 Å². The number of aromatic amines is 1. The molecule has 0 saturated heterocycles. The van der Waals surface area contributed by atoms with Gasteiger partial charge in [-0.2, -0.15) is 0 Å². The third-order valence-electron chi connectivity index (χ3n) is 1.61. The summed E-state index contributed by atoms with van der Waals surface area (Å²) in [5.41, 5.74) is 1.27. The van der Waals surface area contributed by atoms with Gasteiger partial charge in [-0.05, 0) is 12.1 Å². The van der Waals surface area contributed by atoms with Crippen LogP contribution in [-0.4, -0.2) is 16.3 Å². The van der Waals surface area contributed by atoms with E-state index in [9.17, 15) is 4.79 Å². The van der Waals surface area contributed by atoms with Crippen molar-refractivity contribution in [2.45, 2.75) is 0 Å². The molecule has 0 aromatic carbocycles. The number of H-pyrrole nitrogens is 1. The molecule has 3 heteroatoms. The lowest BCUT2D eigenvalue weighted by molar-refractivity contribution is 0.112. The van der Waals surface area contributed by atoms with Gasteiger partial charge in [-0.15, -0.1) is 0 Å². The number of aldehydes is 1. The van der Waals surface area contributed by atoms with Crippen molar-refractivity contribution in [2.24, 2.45) is 0 Å². The van der Waals surface area contributed by atoms with Crippen LogP contribution < -0.4 is 0 Å². The van der Waals surface area contributed by atoms with E-state index in [0.717, 1.165) is 17.2 Å². The van der Waals surface area contributed by atoms with Crippen molar-refractivity contribution < 1.29 is 4.79 Å². The number of aromatic nitrogens is 2. The Labute approximate surface area is 63.1 Å². The Morgan fingerprint density at radius 3 is 3.18 bits per heavy atom. The summed E-state index contributed by atoms with van der Waals surface area (Å²) >= 11 is 0. The second-order valence-electron chi connectivity index (χ2n) is 2.26. The van der Waals surface area contributed by atoms with E-state index in [1.54, 1.807) is 12.4 Å². The molecule has 2 aromatic heterocycles. The number of rotatable bonds is 1. The second-order valence-corrected chi connectivity index (χ2v) is 2.26. The predicted octanol–water partition coefficient (Wildman–Crippen LogP) is 1.38. The largest absolute Gasteiger partial charge is 0.359 e. The highest BCUT2D eigenvalue weighted by Crippen LogP contribution is 2.12. The number of carbonyl (C=O) groups is 1. The number of fused-ring (bicyclic) bond motifs is 1. The Balaban J connectivity index is 2.88. The van der Waals surface area contributed by atoms with Crippen LogP contribution in [0, 0.1) is 0 Å². The SMILES string of the molecule is O=Cc1nccc2cc[nH]c12. The van der Waals surface area contributed by atoms with Gasteiger partial charge in [0.15, 0.2) is 6.29 Å². The van der Waals surface area contributed by atoms with Gasteiger partial charge in [0, 0.05) is 17.8 Å². The van der Waals surface area contributed by atoms with Crippen LogP contribution in [-0.2, 0) is 0 Å². The Morgan fingerprint density at radius 1 is 1.45 bits per heavy atom. The van der Waals surface area contributed by atoms with Crippen molar-refractivity contribution in [3.8, 4) is 0 Å². The average molecular weight is 146 g/mol. The van der Waals surface area contributed by atoms with Crippen molar-refractivity contribution in [1.82, 2.24) is 9.97 Å². The third kappa shape index (κ3) is 0.816. The summed E-state index contributed by atoms with van der Waals surface area (Å²) in [4.78, 5) is 17.3. The summed E-state index contributed by atoms with van der Waals surface area (Å²) in [7, 11) is 0. The van der Waals surface area contributed by atoms with E-state index in [0.29, 0.717) is 5.69 Å². The third-order valence-corrected chi connectivity index (χ3v) is 1.61. The molecular weight excluding hydrogens is 140 g/mol. The molecule has 0 atom stereocenters. The lowest BCUT2D eigenvalue weighted by Crippen LogP contribution is -1.86. The van der Waals surface area contributed by atoms with Gasteiger partial charge >= 0.3 is 0 Å². The van der Waals surface area contributed by atoms with Gasteiger partial charge in [0.2, 0.25) is 0 Å². The normalized spacial score (nSPS) is 10.2. The summed E-state index contributed by atoms with van der Waals surface area (Å²) in [5.74, 6) is 0. The van der Waals surface area contributed by atoms with E-state index in [4.69, 9.17) is 0 Å². The first-order valence-corrected chi connectivity index (χ1v) is 3.29. The molecule has 0 aliphatic rings. The number of hydrogen-bond donors (Lipinski definition) is 1. The Bertz CT molecular complexity index is 392. The van der Waals surface area contributed by atoms with Crippen molar-refractivity contribution >= 4 is 17.2 Å². The van der Waals surface area contributed by atoms with Gasteiger partial charge in [0.1, 0.15) is 5.69 Å². The topological polar surface area (TPSA) is 45.8 Å². The van der Waals surface area contributed by atoms with E-state index in [1.807, 2.05) is 12.1 Å². The molecule has 2 aromatic rings. The molecular formula is C8H6N2O. The van der Waals surface area contributed by atoms with Crippen LogP contribution in [0.25, 0.3) is 10.9 Å². The fraction of sp³-hybridized carbons (Fsp3) is 0. The molecule has 0 aliphatic heterocycles. The van der Waals surface area contributed by atoms with Gasteiger partial charge < -0.3 is 4.98 Å². The van der Waals surface area contributed by atoms with Crippen molar-refractivity contribution in [3.63, 3.8) is 0 Å².